The fourth-order valence-electron chi connectivity index (χ4n) is 3.50. The molecule has 0 saturated heterocycles. The molecule has 0 aliphatic carbocycles. The average molecular weight is 451 g/mol. The van der Waals surface area contributed by atoms with E-state index in [0.29, 0.717) is 19.0 Å². The summed E-state index contributed by atoms with van der Waals surface area (Å²) in [6.45, 7) is 2.64. The molecule has 0 heterocycles. The van der Waals surface area contributed by atoms with E-state index in [0.717, 1.165) is 28.0 Å². The Hall–Kier alpha value is -4.31. The topological polar surface area (TPSA) is 55.8 Å². The molecule has 0 aromatic heterocycles. The molecular formula is C30H26O4. The Kier molecular flexibility index (Phi) is 7.41. The molecule has 0 bridgehead atoms. The molecule has 170 valence electrons. The summed E-state index contributed by atoms with van der Waals surface area (Å²) >= 11 is 0. The van der Waals surface area contributed by atoms with Crippen molar-refractivity contribution in [1.82, 2.24) is 0 Å². The van der Waals surface area contributed by atoms with Gasteiger partial charge in [-0.3, -0.25) is 4.79 Å². The zero-order chi connectivity index (χ0) is 23.8. The van der Waals surface area contributed by atoms with Crippen molar-refractivity contribution < 1.29 is 19.4 Å². The van der Waals surface area contributed by atoms with Gasteiger partial charge in [0, 0.05) is 0 Å². The average Bonchev–Trinajstić information content (AvgIpc) is 2.86. The Morgan fingerprint density at radius 2 is 1.38 bits per heavy atom. The third kappa shape index (κ3) is 6.14. The number of hydrogen-bond donors (Lipinski definition) is 1. The number of ketones is 1. The molecule has 4 aromatic rings. The Bertz CT molecular complexity index is 1260. The summed E-state index contributed by atoms with van der Waals surface area (Å²) in [6.07, 6.45) is 3.16. The van der Waals surface area contributed by atoms with E-state index in [9.17, 15) is 9.90 Å². The van der Waals surface area contributed by atoms with Crippen molar-refractivity contribution in [1.29, 1.82) is 0 Å². The minimum atomic E-state index is -0.329. The molecule has 0 fully saturated rings. The normalized spacial score (nSPS) is 10.9. The van der Waals surface area contributed by atoms with Gasteiger partial charge in [-0.05, 0) is 59.5 Å². The molecule has 0 radical (unpaired) electrons. The van der Waals surface area contributed by atoms with Crippen LogP contribution in [0.1, 0.15) is 32.6 Å². The first-order chi connectivity index (χ1) is 16.6. The first-order valence-electron chi connectivity index (χ1n) is 11.1. The van der Waals surface area contributed by atoms with Gasteiger partial charge in [0.2, 0.25) is 0 Å². The lowest BCUT2D eigenvalue weighted by Gasteiger charge is -2.12. The van der Waals surface area contributed by atoms with Gasteiger partial charge in [0.05, 0.1) is 0 Å². The Balaban J connectivity index is 1.43. The van der Waals surface area contributed by atoms with Crippen molar-refractivity contribution in [2.45, 2.75) is 20.1 Å². The molecule has 4 aromatic carbocycles. The maximum atomic E-state index is 13.0. The number of phenolic OH excluding ortho intramolecular Hbond substituents is 1. The van der Waals surface area contributed by atoms with Crippen molar-refractivity contribution in [2.75, 3.05) is 0 Å². The summed E-state index contributed by atoms with van der Waals surface area (Å²) in [5.74, 6) is 0.688. The van der Waals surface area contributed by atoms with E-state index in [1.54, 1.807) is 18.2 Å². The van der Waals surface area contributed by atoms with Crippen molar-refractivity contribution in [2.24, 2.45) is 0 Å². The van der Waals surface area contributed by atoms with Gasteiger partial charge in [0.15, 0.2) is 5.78 Å². The molecule has 0 unspecified atom stereocenters. The molecule has 0 atom stereocenters. The Morgan fingerprint density at radius 1 is 0.794 bits per heavy atom. The summed E-state index contributed by atoms with van der Waals surface area (Å²) in [5.41, 5.74) is 3.89. The number of benzene rings is 4. The van der Waals surface area contributed by atoms with Crippen LogP contribution < -0.4 is 9.47 Å². The molecule has 0 spiro atoms. The van der Waals surface area contributed by atoms with Crippen molar-refractivity contribution in [3.8, 4) is 17.2 Å². The molecule has 0 amide bonds. The zero-order valence-electron chi connectivity index (χ0n) is 19.0. The highest BCUT2D eigenvalue weighted by Gasteiger charge is 2.17. The number of rotatable bonds is 9. The van der Waals surface area contributed by atoms with E-state index in [1.807, 2.05) is 91.9 Å². The molecule has 0 aliphatic heterocycles. The monoisotopic (exact) mass is 450 g/mol. The lowest BCUT2D eigenvalue weighted by molar-refractivity contribution is 0.104. The molecule has 1 N–H and O–H groups in total. The minimum Gasteiger partial charge on any atom is -0.507 e. The van der Waals surface area contributed by atoms with Crippen LogP contribution >= 0.6 is 0 Å². The van der Waals surface area contributed by atoms with Gasteiger partial charge in [0.1, 0.15) is 36.0 Å². The van der Waals surface area contributed by atoms with E-state index < -0.39 is 0 Å². The second-order valence-corrected chi connectivity index (χ2v) is 7.97. The third-order valence-electron chi connectivity index (χ3n) is 5.26. The number of allylic oxidation sites excluding steroid dienone is 1. The minimum absolute atomic E-state index is 0.0950. The standard InChI is InChI=1S/C30H26O4/c1-22-18-28(32)30(29(19-22)34-21-25-10-6-3-7-11-25)27(31)17-14-23-12-15-26(16-13-23)33-20-24-8-4-2-5-9-24/h2-19,32H,20-21H2,1H3/b17-14+. The van der Waals surface area contributed by atoms with Crippen LogP contribution in [-0.4, -0.2) is 10.9 Å². The first-order valence-corrected chi connectivity index (χ1v) is 11.1. The highest BCUT2D eigenvalue weighted by Crippen LogP contribution is 2.31. The second kappa shape index (κ2) is 11.0. The van der Waals surface area contributed by atoms with E-state index >= 15 is 0 Å². The van der Waals surface area contributed by atoms with Crippen LogP contribution in [0.4, 0.5) is 0 Å². The molecule has 4 nitrogen and oxygen atoms in total. The van der Waals surface area contributed by atoms with Gasteiger partial charge in [-0.2, -0.15) is 0 Å². The van der Waals surface area contributed by atoms with Gasteiger partial charge < -0.3 is 14.6 Å². The fraction of sp³-hybridized carbons (Fsp3) is 0.100. The maximum absolute atomic E-state index is 13.0. The number of carbonyl (C=O) groups excluding carboxylic acids is 1. The number of hydrogen-bond acceptors (Lipinski definition) is 4. The van der Waals surface area contributed by atoms with Crippen LogP contribution in [0.5, 0.6) is 17.2 Å². The summed E-state index contributed by atoms with van der Waals surface area (Å²) in [7, 11) is 0. The van der Waals surface area contributed by atoms with Crippen LogP contribution in [0, 0.1) is 6.92 Å². The summed E-state index contributed by atoms with van der Waals surface area (Å²) in [6, 6.07) is 30.5. The molecule has 0 saturated carbocycles. The van der Waals surface area contributed by atoms with Crippen molar-refractivity contribution >= 4 is 11.9 Å². The van der Waals surface area contributed by atoms with E-state index in [2.05, 4.69) is 0 Å². The number of ether oxygens (including phenoxy) is 2. The Labute approximate surface area is 199 Å². The molecule has 0 aliphatic rings. The number of phenols is 1. The first kappa shape index (κ1) is 22.9. The quantitative estimate of drug-likeness (QED) is 0.226. The largest absolute Gasteiger partial charge is 0.507 e. The van der Waals surface area contributed by atoms with Crippen LogP contribution in [0.2, 0.25) is 0 Å². The van der Waals surface area contributed by atoms with E-state index in [1.165, 1.54) is 6.08 Å². The van der Waals surface area contributed by atoms with E-state index in [4.69, 9.17) is 9.47 Å². The van der Waals surface area contributed by atoms with Crippen LogP contribution in [0.25, 0.3) is 6.08 Å². The number of carbonyl (C=O) groups is 1. The SMILES string of the molecule is Cc1cc(O)c(C(=O)/C=C/c2ccc(OCc3ccccc3)cc2)c(OCc2ccccc2)c1. The second-order valence-electron chi connectivity index (χ2n) is 7.97. The lowest BCUT2D eigenvalue weighted by atomic mass is 10.0. The van der Waals surface area contributed by atoms with Crippen LogP contribution in [-0.2, 0) is 13.2 Å². The third-order valence-corrected chi connectivity index (χ3v) is 5.26. The number of aryl methyl sites for hydroxylation is 1. The molecular weight excluding hydrogens is 424 g/mol. The van der Waals surface area contributed by atoms with Gasteiger partial charge in [-0.25, -0.2) is 0 Å². The molecule has 34 heavy (non-hydrogen) atoms. The molecule has 4 rings (SSSR count). The zero-order valence-corrected chi connectivity index (χ0v) is 19.0. The van der Waals surface area contributed by atoms with Gasteiger partial charge in [-0.15, -0.1) is 0 Å². The van der Waals surface area contributed by atoms with Crippen molar-refractivity contribution in [3.63, 3.8) is 0 Å². The number of aromatic hydroxyl groups is 1. The van der Waals surface area contributed by atoms with Crippen molar-refractivity contribution in [3.05, 3.63) is 131 Å². The van der Waals surface area contributed by atoms with Crippen LogP contribution in [0.15, 0.2) is 103 Å². The predicted octanol–water partition coefficient (Wildman–Crippen LogP) is 6.75. The summed E-state index contributed by atoms with van der Waals surface area (Å²) in [4.78, 5) is 13.0. The highest BCUT2D eigenvalue weighted by atomic mass is 16.5. The Morgan fingerprint density at radius 3 is 2.00 bits per heavy atom. The van der Waals surface area contributed by atoms with Gasteiger partial charge >= 0.3 is 0 Å². The lowest BCUT2D eigenvalue weighted by Crippen LogP contribution is -2.03. The maximum Gasteiger partial charge on any atom is 0.193 e. The summed E-state index contributed by atoms with van der Waals surface area (Å²) in [5, 5.41) is 10.5. The highest BCUT2D eigenvalue weighted by molar-refractivity contribution is 6.10. The van der Waals surface area contributed by atoms with Gasteiger partial charge in [-0.1, -0.05) is 78.9 Å². The van der Waals surface area contributed by atoms with Gasteiger partial charge in [0.25, 0.3) is 0 Å². The summed E-state index contributed by atoms with van der Waals surface area (Å²) < 4.78 is 11.7. The molecule has 4 heteroatoms. The fourth-order valence-corrected chi connectivity index (χ4v) is 3.50. The van der Waals surface area contributed by atoms with E-state index in [-0.39, 0.29) is 17.1 Å². The smallest absolute Gasteiger partial charge is 0.193 e. The van der Waals surface area contributed by atoms with Crippen LogP contribution in [0.3, 0.4) is 0 Å². The predicted molar refractivity (Wildman–Crippen MR) is 134 cm³/mol.